The molecule has 0 aliphatic rings. The van der Waals surface area contributed by atoms with Crippen LogP contribution >= 0.6 is 0 Å². The fraction of sp³-hybridized carbons (Fsp3) is 0. The highest BCUT2D eigenvalue weighted by molar-refractivity contribution is 6.25. The highest BCUT2D eigenvalue weighted by Gasteiger charge is 2.23. The van der Waals surface area contributed by atoms with E-state index < -0.39 is 0 Å². The maximum absolute atomic E-state index is 2.49. The van der Waals surface area contributed by atoms with Gasteiger partial charge >= 0.3 is 0 Å². The van der Waals surface area contributed by atoms with Crippen molar-refractivity contribution in [2.75, 3.05) is 0 Å². The van der Waals surface area contributed by atoms with Crippen LogP contribution in [-0.4, -0.2) is 18.3 Å². The average molecular weight is 891 g/mol. The third-order valence-corrected chi connectivity index (χ3v) is 14.7. The summed E-state index contributed by atoms with van der Waals surface area (Å²) in [7, 11) is 0. The van der Waals surface area contributed by atoms with Crippen LogP contribution in [0, 0.1) is 0 Å². The number of rotatable bonds is 6. The van der Waals surface area contributed by atoms with E-state index in [1.807, 2.05) is 0 Å². The first-order chi connectivity index (χ1) is 34.7. The molecule has 0 N–H and O–H groups in total. The van der Waals surface area contributed by atoms with Crippen molar-refractivity contribution < 1.29 is 0 Å². The Hall–Kier alpha value is -9.38. The Balaban J connectivity index is 0.963. The first-order valence-electron chi connectivity index (χ1n) is 24.1. The summed E-state index contributed by atoms with van der Waals surface area (Å²) in [6, 6.07) is 93.5. The summed E-state index contributed by atoms with van der Waals surface area (Å²) in [6.07, 6.45) is 0. The lowest BCUT2D eigenvalue weighted by atomic mass is 9.99. The molecule has 15 aromatic rings. The molecule has 0 amide bonds. The maximum Gasteiger partial charge on any atom is 0.0788 e. The Morgan fingerprint density at radius 1 is 0.171 bits per heavy atom. The van der Waals surface area contributed by atoms with Crippen LogP contribution in [0.5, 0.6) is 0 Å². The van der Waals surface area contributed by atoms with E-state index in [0.29, 0.717) is 0 Å². The molecule has 0 saturated heterocycles. The van der Waals surface area contributed by atoms with Crippen molar-refractivity contribution in [3.63, 3.8) is 0 Å². The zero-order chi connectivity index (χ0) is 45.9. The lowest BCUT2D eigenvalue weighted by Crippen LogP contribution is -1.98. The van der Waals surface area contributed by atoms with Gasteiger partial charge in [-0.1, -0.05) is 146 Å². The van der Waals surface area contributed by atoms with Crippen LogP contribution in [0.3, 0.4) is 0 Å². The Labute approximate surface area is 403 Å². The Morgan fingerprint density at radius 2 is 0.429 bits per heavy atom. The van der Waals surface area contributed by atoms with Crippen LogP contribution in [0.2, 0.25) is 0 Å². The van der Waals surface area contributed by atoms with E-state index in [1.165, 1.54) is 109 Å². The van der Waals surface area contributed by atoms with Crippen LogP contribution in [0.1, 0.15) is 0 Å². The smallest absolute Gasteiger partial charge is 0.0788 e. The van der Waals surface area contributed by atoms with E-state index in [4.69, 9.17) is 0 Å². The van der Waals surface area contributed by atoms with Crippen molar-refractivity contribution in [1.82, 2.24) is 18.3 Å². The summed E-state index contributed by atoms with van der Waals surface area (Å²) < 4.78 is 9.75. The van der Waals surface area contributed by atoms with Gasteiger partial charge in [-0.2, -0.15) is 0 Å². The third-order valence-electron chi connectivity index (χ3n) is 14.7. The fourth-order valence-electron chi connectivity index (χ4n) is 11.7. The number of hydrogen-bond donors (Lipinski definition) is 0. The van der Waals surface area contributed by atoms with Gasteiger partial charge in [-0.25, -0.2) is 0 Å². The Morgan fingerprint density at radius 3 is 0.771 bits per heavy atom. The van der Waals surface area contributed by atoms with E-state index in [1.54, 1.807) is 0 Å². The van der Waals surface area contributed by atoms with Crippen molar-refractivity contribution in [2.45, 2.75) is 0 Å². The number of hydrogen-bond acceptors (Lipinski definition) is 0. The normalized spacial score (nSPS) is 12.0. The molecular weight excluding hydrogens is 849 g/mol. The first kappa shape index (κ1) is 38.7. The van der Waals surface area contributed by atoms with E-state index in [2.05, 4.69) is 273 Å². The van der Waals surface area contributed by atoms with Gasteiger partial charge in [-0.3, -0.25) is 0 Å². The number of nitrogens with zero attached hydrogens (tertiary/aromatic N) is 4. The molecule has 4 heteroatoms. The monoisotopic (exact) mass is 890 g/mol. The van der Waals surface area contributed by atoms with Crippen LogP contribution in [-0.2, 0) is 0 Å². The highest BCUT2D eigenvalue weighted by Crippen LogP contribution is 2.45. The van der Waals surface area contributed by atoms with E-state index in [-0.39, 0.29) is 0 Å². The summed E-state index contributed by atoms with van der Waals surface area (Å²) in [5.41, 5.74) is 18.9. The summed E-state index contributed by atoms with van der Waals surface area (Å²) in [6.45, 7) is 0. The number of aromatic nitrogens is 4. The van der Waals surface area contributed by atoms with Crippen molar-refractivity contribution in [1.29, 1.82) is 0 Å². The summed E-state index contributed by atoms with van der Waals surface area (Å²) >= 11 is 0. The van der Waals surface area contributed by atoms with E-state index in [9.17, 15) is 0 Å². The quantitative estimate of drug-likeness (QED) is 0.158. The van der Waals surface area contributed by atoms with Gasteiger partial charge in [0, 0.05) is 65.8 Å². The van der Waals surface area contributed by atoms with Gasteiger partial charge in [0.15, 0.2) is 0 Å². The molecule has 4 aromatic heterocycles. The van der Waals surface area contributed by atoms with Crippen molar-refractivity contribution in [3.05, 3.63) is 255 Å². The summed E-state index contributed by atoms with van der Waals surface area (Å²) in [4.78, 5) is 0. The van der Waals surface area contributed by atoms with E-state index in [0.717, 1.165) is 22.7 Å². The molecule has 15 rings (SSSR count). The largest absolute Gasteiger partial charge is 0.309 e. The molecule has 0 unspecified atom stereocenters. The average Bonchev–Trinajstić information content (AvgIpc) is 4.16. The lowest BCUT2D eigenvalue weighted by molar-refractivity contribution is 1.15. The molecule has 70 heavy (non-hydrogen) atoms. The molecule has 0 radical (unpaired) electrons. The zero-order valence-corrected chi connectivity index (χ0v) is 38.0. The van der Waals surface area contributed by atoms with Crippen LogP contribution in [0.4, 0.5) is 0 Å². The zero-order valence-electron chi connectivity index (χ0n) is 38.0. The van der Waals surface area contributed by atoms with Gasteiger partial charge in [0.1, 0.15) is 0 Å². The molecule has 0 atom stereocenters. The Kier molecular flexibility index (Phi) is 8.33. The van der Waals surface area contributed by atoms with Crippen LogP contribution in [0.25, 0.3) is 132 Å². The second-order valence-corrected chi connectivity index (χ2v) is 18.5. The predicted molar refractivity (Wildman–Crippen MR) is 295 cm³/mol. The van der Waals surface area contributed by atoms with E-state index >= 15 is 0 Å². The molecule has 0 fully saturated rings. The van der Waals surface area contributed by atoms with Gasteiger partial charge in [0.25, 0.3) is 0 Å². The number of para-hydroxylation sites is 6. The molecule has 4 nitrogen and oxygen atoms in total. The maximum atomic E-state index is 2.49. The molecule has 0 bridgehead atoms. The molecule has 0 aliphatic carbocycles. The van der Waals surface area contributed by atoms with Gasteiger partial charge in [-0.05, 0) is 131 Å². The topological polar surface area (TPSA) is 19.7 Å². The van der Waals surface area contributed by atoms with Crippen LogP contribution < -0.4 is 0 Å². The molecule has 11 aromatic carbocycles. The minimum atomic E-state index is 1.13. The molecular formula is C66H42N4. The SMILES string of the molecule is c1ccc(-n2c3ccccc3c3cc(-c4ccc5c(c4)c4ccc6c7cc(-c8ccc9c(c8)c8ccccc8n9-c8ccccc8)ccc7n(-c7ccccc7)c6c4n5-c4ccccc4)ccc32)cc1. The number of benzene rings is 11. The van der Waals surface area contributed by atoms with Gasteiger partial charge in [0.2, 0.25) is 0 Å². The van der Waals surface area contributed by atoms with Gasteiger partial charge in [-0.15, -0.1) is 0 Å². The molecule has 0 spiro atoms. The summed E-state index contributed by atoms with van der Waals surface area (Å²) in [5.74, 6) is 0. The number of fused-ring (bicyclic) bond motifs is 13. The van der Waals surface area contributed by atoms with Crippen LogP contribution in [0.15, 0.2) is 255 Å². The summed E-state index contributed by atoms with van der Waals surface area (Å²) in [5, 5.41) is 9.87. The second kappa shape index (κ2) is 15.1. The highest BCUT2D eigenvalue weighted by atomic mass is 15.0. The molecule has 0 aliphatic heterocycles. The molecule has 4 heterocycles. The predicted octanol–water partition coefficient (Wildman–Crippen LogP) is 17.4. The molecule has 0 saturated carbocycles. The lowest BCUT2D eigenvalue weighted by Gasteiger charge is -2.12. The second-order valence-electron chi connectivity index (χ2n) is 18.5. The van der Waals surface area contributed by atoms with Crippen molar-refractivity contribution in [2.24, 2.45) is 0 Å². The Bertz CT molecular complexity index is 4260. The minimum Gasteiger partial charge on any atom is -0.309 e. The first-order valence-corrected chi connectivity index (χ1v) is 24.1. The van der Waals surface area contributed by atoms with Crippen molar-refractivity contribution in [3.8, 4) is 45.0 Å². The van der Waals surface area contributed by atoms with Gasteiger partial charge in [0.05, 0.1) is 44.1 Å². The molecule has 326 valence electrons. The third kappa shape index (κ3) is 5.65. The van der Waals surface area contributed by atoms with Crippen molar-refractivity contribution >= 4 is 87.2 Å². The minimum absolute atomic E-state index is 1.13. The van der Waals surface area contributed by atoms with Gasteiger partial charge < -0.3 is 18.3 Å². The standard InChI is InChI=1S/C66H42N4/c1-5-17-47(18-6-1)67-59-27-15-13-25-51(59)55-39-43(29-35-61(55)67)45-31-37-63-57(41-45)53-33-34-54-58-42-46(44-30-36-62-56(40-44)52-26-14-16-28-60(52)68(62)48-19-7-2-8-20-48)32-38-64(58)70(50-23-11-4-12-24-50)66(54)65(53)69(63)49-21-9-3-10-22-49/h1-42H. The fourth-order valence-corrected chi connectivity index (χ4v) is 11.7.